The van der Waals surface area contributed by atoms with E-state index in [0.29, 0.717) is 12.6 Å². The van der Waals surface area contributed by atoms with Crippen LogP contribution in [-0.4, -0.2) is 49.2 Å². The molecule has 0 aromatic rings. The number of carbonyl (C=O) groups is 1. The first-order chi connectivity index (χ1) is 7.09. The summed E-state index contributed by atoms with van der Waals surface area (Å²) in [6, 6.07) is 0.616. The molecule has 0 bridgehead atoms. The highest BCUT2D eigenvalue weighted by Crippen LogP contribution is 2.27. The van der Waals surface area contributed by atoms with Crippen molar-refractivity contribution in [2.45, 2.75) is 37.8 Å². The van der Waals surface area contributed by atoms with Crippen LogP contribution in [0.3, 0.4) is 0 Å². The zero-order valence-corrected chi connectivity index (χ0v) is 9.58. The SMILES string of the molecule is CN1CCCC1CC1(C)CNC(=O)CO1. The predicted molar refractivity (Wildman–Crippen MR) is 57.6 cm³/mol. The first-order valence-electron chi connectivity index (χ1n) is 5.70. The second kappa shape index (κ2) is 4.10. The summed E-state index contributed by atoms with van der Waals surface area (Å²) in [5, 5.41) is 2.88. The molecule has 1 N–H and O–H groups in total. The number of ether oxygens (including phenoxy) is 1. The zero-order valence-electron chi connectivity index (χ0n) is 9.58. The number of likely N-dealkylation sites (tertiary alicyclic amines) is 1. The van der Waals surface area contributed by atoms with Crippen LogP contribution in [0.2, 0.25) is 0 Å². The lowest BCUT2D eigenvalue weighted by molar-refractivity contribution is -0.143. The van der Waals surface area contributed by atoms with E-state index >= 15 is 0 Å². The molecule has 4 heteroatoms. The molecule has 4 nitrogen and oxygen atoms in total. The Morgan fingerprint density at radius 3 is 3.00 bits per heavy atom. The molecular formula is C11H20N2O2. The minimum atomic E-state index is -0.169. The molecule has 0 aliphatic carbocycles. The van der Waals surface area contributed by atoms with E-state index in [1.807, 2.05) is 0 Å². The summed E-state index contributed by atoms with van der Waals surface area (Å²) >= 11 is 0. The fraction of sp³-hybridized carbons (Fsp3) is 0.909. The summed E-state index contributed by atoms with van der Waals surface area (Å²) in [5.41, 5.74) is -0.169. The van der Waals surface area contributed by atoms with Gasteiger partial charge in [-0.3, -0.25) is 4.79 Å². The van der Waals surface area contributed by atoms with Gasteiger partial charge < -0.3 is 15.0 Å². The van der Waals surface area contributed by atoms with Crippen LogP contribution in [0.1, 0.15) is 26.2 Å². The molecule has 2 aliphatic heterocycles. The first-order valence-corrected chi connectivity index (χ1v) is 5.70. The van der Waals surface area contributed by atoms with Crippen LogP contribution >= 0.6 is 0 Å². The molecule has 15 heavy (non-hydrogen) atoms. The number of nitrogens with zero attached hydrogens (tertiary/aromatic N) is 1. The van der Waals surface area contributed by atoms with Crippen molar-refractivity contribution >= 4 is 5.91 Å². The summed E-state index contributed by atoms with van der Waals surface area (Å²) in [5.74, 6) is 0.00671. The third-order valence-electron chi connectivity index (χ3n) is 3.55. The largest absolute Gasteiger partial charge is 0.364 e. The van der Waals surface area contributed by atoms with Gasteiger partial charge >= 0.3 is 0 Å². The van der Waals surface area contributed by atoms with Crippen LogP contribution in [-0.2, 0) is 9.53 Å². The highest BCUT2D eigenvalue weighted by molar-refractivity contribution is 5.77. The van der Waals surface area contributed by atoms with E-state index < -0.39 is 0 Å². The van der Waals surface area contributed by atoms with Gasteiger partial charge in [-0.2, -0.15) is 0 Å². The first kappa shape index (κ1) is 10.9. The molecule has 2 saturated heterocycles. The van der Waals surface area contributed by atoms with Gasteiger partial charge in [-0.05, 0) is 39.8 Å². The molecule has 86 valence electrons. The van der Waals surface area contributed by atoms with E-state index in [0.717, 1.165) is 6.42 Å². The smallest absolute Gasteiger partial charge is 0.246 e. The Morgan fingerprint density at radius 2 is 2.47 bits per heavy atom. The van der Waals surface area contributed by atoms with Gasteiger partial charge in [0, 0.05) is 12.6 Å². The summed E-state index contributed by atoms with van der Waals surface area (Å²) in [4.78, 5) is 13.4. The van der Waals surface area contributed by atoms with Gasteiger partial charge in [-0.15, -0.1) is 0 Å². The van der Waals surface area contributed by atoms with Crippen molar-refractivity contribution in [3.05, 3.63) is 0 Å². The van der Waals surface area contributed by atoms with Gasteiger partial charge in [0.15, 0.2) is 0 Å². The monoisotopic (exact) mass is 212 g/mol. The Bertz CT molecular complexity index is 245. The van der Waals surface area contributed by atoms with Crippen LogP contribution in [0.25, 0.3) is 0 Å². The van der Waals surface area contributed by atoms with Gasteiger partial charge in [0.25, 0.3) is 0 Å². The van der Waals surface area contributed by atoms with Crippen LogP contribution in [0.15, 0.2) is 0 Å². The lowest BCUT2D eigenvalue weighted by Gasteiger charge is -2.37. The summed E-state index contributed by atoms with van der Waals surface area (Å²) in [6.45, 7) is 4.15. The predicted octanol–water partition coefficient (Wildman–Crippen LogP) is 0.376. The van der Waals surface area contributed by atoms with Gasteiger partial charge in [-0.25, -0.2) is 0 Å². The maximum Gasteiger partial charge on any atom is 0.246 e. The van der Waals surface area contributed by atoms with Crippen molar-refractivity contribution < 1.29 is 9.53 Å². The number of nitrogens with one attached hydrogen (secondary N) is 1. The molecule has 2 rings (SSSR count). The molecule has 2 atom stereocenters. The minimum Gasteiger partial charge on any atom is -0.364 e. The van der Waals surface area contributed by atoms with Crippen molar-refractivity contribution in [1.29, 1.82) is 0 Å². The number of rotatable bonds is 2. The molecule has 1 amide bonds. The van der Waals surface area contributed by atoms with Gasteiger partial charge in [-0.1, -0.05) is 0 Å². The number of hydrogen-bond acceptors (Lipinski definition) is 3. The van der Waals surface area contributed by atoms with E-state index in [9.17, 15) is 4.79 Å². The van der Waals surface area contributed by atoms with E-state index in [1.165, 1.54) is 19.4 Å². The lowest BCUT2D eigenvalue weighted by Crippen LogP contribution is -2.52. The van der Waals surface area contributed by atoms with Crippen LogP contribution < -0.4 is 5.32 Å². The Labute approximate surface area is 91.0 Å². The van der Waals surface area contributed by atoms with Crippen molar-refractivity contribution in [2.24, 2.45) is 0 Å². The van der Waals surface area contributed by atoms with Crippen LogP contribution in [0, 0.1) is 0 Å². The average Bonchev–Trinajstić information content (AvgIpc) is 2.58. The Kier molecular flexibility index (Phi) is 2.98. The van der Waals surface area contributed by atoms with Crippen molar-refractivity contribution in [2.75, 3.05) is 26.7 Å². The molecule has 2 heterocycles. The summed E-state index contributed by atoms with van der Waals surface area (Å²) < 4.78 is 5.65. The maximum atomic E-state index is 11.0. The highest BCUT2D eigenvalue weighted by Gasteiger charge is 2.35. The molecule has 2 fully saturated rings. The van der Waals surface area contributed by atoms with Crippen molar-refractivity contribution in [3.63, 3.8) is 0 Å². The summed E-state index contributed by atoms with van der Waals surface area (Å²) in [6.07, 6.45) is 3.55. The number of morpholine rings is 1. The van der Waals surface area contributed by atoms with E-state index in [4.69, 9.17) is 4.74 Å². The Balaban J connectivity index is 1.89. The number of carbonyl (C=O) groups excluding carboxylic acids is 1. The van der Waals surface area contributed by atoms with E-state index in [2.05, 4.69) is 24.2 Å². The van der Waals surface area contributed by atoms with Gasteiger partial charge in [0.1, 0.15) is 6.61 Å². The second-order valence-corrected chi connectivity index (χ2v) is 5.00. The highest BCUT2D eigenvalue weighted by atomic mass is 16.5. The minimum absolute atomic E-state index is 0.00671. The molecule has 0 radical (unpaired) electrons. The number of amides is 1. The molecule has 0 saturated carbocycles. The van der Waals surface area contributed by atoms with Crippen molar-refractivity contribution in [3.8, 4) is 0 Å². The summed E-state index contributed by atoms with van der Waals surface area (Å²) in [7, 11) is 2.17. The lowest BCUT2D eigenvalue weighted by atomic mass is 9.94. The number of hydrogen-bond donors (Lipinski definition) is 1. The van der Waals surface area contributed by atoms with Crippen LogP contribution in [0.5, 0.6) is 0 Å². The molecule has 2 aliphatic rings. The second-order valence-electron chi connectivity index (χ2n) is 5.00. The fourth-order valence-electron chi connectivity index (χ4n) is 2.49. The third-order valence-corrected chi connectivity index (χ3v) is 3.55. The van der Waals surface area contributed by atoms with Gasteiger partial charge in [0.2, 0.25) is 5.91 Å². The zero-order chi connectivity index (χ0) is 10.9. The molecule has 0 aromatic heterocycles. The Morgan fingerprint density at radius 1 is 1.67 bits per heavy atom. The molecular weight excluding hydrogens is 192 g/mol. The normalized spacial score (nSPS) is 38.0. The van der Waals surface area contributed by atoms with Crippen LogP contribution in [0.4, 0.5) is 0 Å². The van der Waals surface area contributed by atoms with Crippen molar-refractivity contribution in [1.82, 2.24) is 10.2 Å². The van der Waals surface area contributed by atoms with E-state index in [1.54, 1.807) is 0 Å². The topological polar surface area (TPSA) is 41.6 Å². The average molecular weight is 212 g/mol. The molecule has 0 spiro atoms. The maximum absolute atomic E-state index is 11.0. The van der Waals surface area contributed by atoms with Gasteiger partial charge in [0.05, 0.1) is 5.60 Å². The molecule has 2 unspecified atom stereocenters. The third kappa shape index (κ3) is 2.49. The van der Waals surface area contributed by atoms with E-state index in [-0.39, 0.29) is 18.1 Å². The quantitative estimate of drug-likeness (QED) is 0.719. The fourth-order valence-corrected chi connectivity index (χ4v) is 2.49. The standard InChI is InChI=1S/C11H20N2O2/c1-11(8-12-10(14)7-15-11)6-9-4-3-5-13(9)2/h9H,3-8H2,1-2H3,(H,12,14). The Hall–Kier alpha value is -0.610. The molecule has 0 aromatic carbocycles.